The number of rotatable bonds is 5. The molecule has 0 spiro atoms. The number of benzene rings is 3. The van der Waals surface area contributed by atoms with E-state index < -0.39 is 17.6 Å². The van der Waals surface area contributed by atoms with E-state index in [0.717, 1.165) is 4.47 Å². The van der Waals surface area contributed by atoms with E-state index in [2.05, 4.69) is 26.6 Å². The summed E-state index contributed by atoms with van der Waals surface area (Å²) in [4.78, 5) is 25.4. The van der Waals surface area contributed by atoms with E-state index in [0.29, 0.717) is 11.3 Å². The van der Waals surface area contributed by atoms with Gasteiger partial charge in [0.2, 0.25) is 0 Å². The molecule has 0 saturated heterocycles. The second kappa shape index (κ2) is 9.49. The normalized spacial score (nSPS) is 11.1. The number of hydrogen-bond donors (Lipinski definition) is 2. The molecular formula is C22H15BrClFN2O2. The second-order valence-corrected chi connectivity index (χ2v) is 7.33. The zero-order chi connectivity index (χ0) is 20.8. The zero-order valence-corrected chi connectivity index (χ0v) is 17.3. The Hall–Kier alpha value is -2.96. The quantitative estimate of drug-likeness (QED) is 0.470. The van der Waals surface area contributed by atoms with Crippen LogP contribution in [0, 0.1) is 5.82 Å². The van der Waals surface area contributed by atoms with Crippen LogP contribution in [0.15, 0.2) is 83.0 Å². The lowest BCUT2D eigenvalue weighted by atomic mass is 10.1. The van der Waals surface area contributed by atoms with Crippen molar-refractivity contribution in [2.75, 3.05) is 5.32 Å². The zero-order valence-electron chi connectivity index (χ0n) is 15.0. The minimum Gasteiger partial charge on any atom is -0.321 e. The van der Waals surface area contributed by atoms with Crippen LogP contribution in [0.1, 0.15) is 15.9 Å². The van der Waals surface area contributed by atoms with Crippen LogP contribution < -0.4 is 10.6 Å². The summed E-state index contributed by atoms with van der Waals surface area (Å²) in [6.07, 6.45) is 1.46. The van der Waals surface area contributed by atoms with Gasteiger partial charge in [-0.25, -0.2) is 4.39 Å². The molecule has 0 fully saturated rings. The largest absolute Gasteiger partial charge is 0.321 e. The molecule has 2 amide bonds. The first-order chi connectivity index (χ1) is 13.9. The number of carbonyl (C=O) groups excluding carboxylic acids is 2. The summed E-state index contributed by atoms with van der Waals surface area (Å²) in [5.41, 5.74) is 1.32. The molecule has 4 nitrogen and oxygen atoms in total. The fourth-order valence-electron chi connectivity index (χ4n) is 2.45. The molecule has 3 rings (SSSR count). The topological polar surface area (TPSA) is 58.2 Å². The van der Waals surface area contributed by atoms with Gasteiger partial charge in [-0.2, -0.15) is 0 Å². The van der Waals surface area contributed by atoms with Gasteiger partial charge in [-0.05, 0) is 60.2 Å². The molecule has 0 radical (unpaired) electrons. The number of amides is 2. The Balaban J connectivity index is 1.89. The predicted molar refractivity (Wildman–Crippen MR) is 116 cm³/mol. The molecule has 7 heteroatoms. The first-order valence-corrected chi connectivity index (χ1v) is 9.69. The van der Waals surface area contributed by atoms with Crippen molar-refractivity contribution in [1.29, 1.82) is 0 Å². The van der Waals surface area contributed by atoms with Gasteiger partial charge in [0, 0.05) is 10.2 Å². The summed E-state index contributed by atoms with van der Waals surface area (Å²) >= 11 is 9.41. The van der Waals surface area contributed by atoms with Crippen LogP contribution >= 0.6 is 27.5 Å². The molecule has 0 bridgehead atoms. The van der Waals surface area contributed by atoms with Crippen LogP contribution in [-0.4, -0.2) is 11.8 Å². The highest BCUT2D eigenvalue weighted by Crippen LogP contribution is 2.18. The average molecular weight is 474 g/mol. The minimum absolute atomic E-state index is 0.00977. The SMILES string of the molecule is O=C(Nc1ccc(Br)cc1)/C(=C\c1ccc(F)cc1)NC(=O)c1ccccc1Cl. The molecule has 0 aliphatic rings. The van der Waals surface area contributed by atoms with Gasteiger partial charge in [0.05, 0.1) is 10.6 Å². The third-order valence-corrected chi connectivity index (χ3v) is 4.75. The maximum atomic E-state index is 13.2. The lowest BCUT2D eigenvalue weighted by molar-refractivity contribution is -0.113. The molecule has 29 heavy (non-hydrogen) atoms. The van der Waals surface area contributed by atoms with E-state index in [-0.39, 0.29) is 16.3 Å². The van der Waals surface area contributed by atoms with Crippen LogP contribution in [0.2, 0.25) is 5.02 Å². The van der Waals surface area contributed by atoms with Crippen molar-refractivity contribution in [3.8, 4) is 0 Å². The second-order valence-electron chi connectivity index (χ2n) is 6.00. The number of carbonyl (C=O) groups is 2. The molecule has 0 aromatic heterocycles. The maximum Gasteiger partial charge on any atom is 0.272 e. The van der Waals surface area contributed by atoms with Gasteiger partial charge in [-0.1, -0.05) is 51.8 Å². The molecule has 0 heterocycles. The molecule has 0 unspecified atom stereocenters. The van der Waals surface area contributed by atoms with Gasteiger partial charge in [-0.15, -0.1) is 0 Å². The molecule has 3 aromatic rings. The monoisotopic (exact) mass is 472 g/mol. The standard InChI is InChI=1S/C22H15BrClFN2O2/c23-15-7-11-17(12-8-15)26-22(29)20(13-14-5-9-16(25)10-6-14)27-21(28)18-3-1-2-4-19(18)24/h1-13H,(H,26,29)(H,27,28)/b20-13+. The number of nitrogens with one attached hydrogen (secondary N) is 2. The van der Waals surface area contributed by atoms with E-state index in [9.17, 15) is 14.0 Å². The highest BCUT2D eigenvalue weighted by atomic mass is 79.9. The Labute approximate surface area is 180 Å². The third-order valence-electron chi connectivity index (χ3n) is 3.89. The Morgan fingerprint density at radius 1 is 0.931 bits per heavy atom. The molecule has 2 N–H and O–H groups in total. The Morgan fingerprint density at radius 3 is 2.24 bits per heavy atom. The molecule has 0 aliphatic carbocycles. The fourth-order valence-corrected chi connectivity index (χ4v) is 2.94. The minimum atomic E-state index is -0.532. The van der Waals surface area contributed by atoms with Crippen LogP contribution in [0.4, 0.5) is 10.1 Å². The maximum absolute atomic E-state index is 13.2. The summed E-state index contributed by atoms with van der Waals surface area (Å²) in [5, 5.41) is 5.58. The van der Waals surface area contributed by atoms with Gasteiger partial charge in [0.25, 0.3) is 11.8 Å². The summed E-state index contributed by atoms with van der Waals surface area (Å²) in [6, 6.07) is 19.1. The summed E-state index contributed by atoms with van der Waals surface area (Å²) in [6.45, 7) is 0. The lowest BCUT2D eigenvalue weighted by Crippen LogP contribution is -2.30. The van der Waals surface area contributed by atoms with Crippen molar-refractivity contribution in [2.24, 2.45) is 0 Å². The van der Waals surface area contributed by atoms with E-state index in [4.69, 9.17) is 11.6 Å². The van der Waals surface area contributed by atoms with E-state index in [1.807, 2.05) is 0 Å². The van der Waals surface area contributed by atoms with Crippen molar-refractivity contribution in [3.05, 3.63) is 105 Å². The molecule has 0 aliphatic heterocycles. The number of hydrogen-bond acceptors (Lipinski definition) is 2. The van der Waals surface area contributed by atoms with Gasteiger partial charge in [0.1, 0.15) is 11.5 Å². The van der Waals surface area contributed by atoms with Crippen molar-refractivity contribution in [2.45, 2.75) is 0 Å². The van der Waals surface area contributed by atoms with E-state index in [1.165, 1.54) is 30.3 Å². The Kier molecular flexibility index (Phi) is 6.80. The first-order valence-electron chi connectivity index (χ1n) is 8.52. The highest BCUT2D eigenvalue weighted by molar-refractivity contribution is 9.10. The lowest BCUT2D eigenvalue weighted by Gasteiger charge is -2.12. The number of anilines is 1. The van der Waals surface area contributed by atoms with Crippen molar-refractivity contribution >= 4 is 51.1 Å². The average Bonchev–Trinajstić information content (AvgIpc) is 2.71. The van der Waals surface area contributed by atoms with Crippen molar-refractivity contribution in [1.82, 2.24) is 5.32 Å². The number of halogens is 3. The van der Waals surface area contributed by atoms with Crippen LogP contribution in [-0.2, 0) is 4.79 Å². The van der Waals surface area contributed by atoms with Crippen molar-refractivity contribution in [3.63, 3.8) is 0 Å². The van der Waals surface area contributed by atoms with E-state index >= 15 is 0 Å². The molecule has 0 saturated carbocycles. The molecule has 146 valence electrons. The van der Waals surface area contributed by atoms with Crippen LogP contribution in [0.3, 0.4) is 0 Å². The summed E-state index contributed by atoms with van der Waals surface area (Å²) in [5.74, 6) is -1.46. The van der Waals surface area contributed by atoms with Gasteiger partial charge < -0.3 is 10.6 Å². The first kappa shape index (κ1) is 20.8. The van der Waals surface area contributed by atoms with Gasteiger partial charge in [0.15, 0.2) is 0 Å². The van der Waals surface area contributed by atoms with Gasteiger partial charge >= 0.3 is 0 Å². The molecule has 0 atom stereocenters. The molecular weight excluding hydrogens is 459 g/mol. The highest BCUT2D eigenvalue weighted by Gasteiger charge is 2.17. The Morgan fingerprint density at radius 2 is 1.59 bits per heavy atom. The third kappa shape index (κ3) is 5.76. The summed E-state index contributed by atoms with van der Waals surface area (Å²) < 4.78 is 14.1. The van der Waals surface area contributed by atoms with Gasteiger partial charge in [-0.3, -0.25) is 9.59 Å². The predicted octanol–water partition coefficient (Wildman–Crippen LogP) is 5.65. The smallest absolute Gasteiger partial charge is 0.272 e. The fraction of sp³-hybridized carbons (Fsp3) is 0. The van der Waals surface area contributed by atoms with Crippen LogP contribution in [0.5, 0.6) is 0 Å². The van der Waals surface area contributed by atoms with E-state index in [1.54, 1.807) is 48.5 Å². The molecule has 3 aromatic carbocycles. The van der Waals surface area contributed by atoms with Crippen LogP contribution in [0.25, 0.3) is 6.08 Å². The Bertz CT molecular complexity index is 1070. The summed E-state index contributed by atoms with van der Waals surface area (Å²) in [7, 11) is 0. The van der Waals surface area contributed by atoms with Crippen molar-refractivity contribution < 1.29 is 14.0 Å².